The smallest absolute Gasteiger partial charge is 0.0676 e. The van der Waals surface area contributed by atoms with E-state index in [4.69, 9.17) is 0 Å². The quantitative estimate of drug-likeness (QED) is 0.743. The van der Waals surface area contributed by atoms with Crippen molar-refractivity contribution in [2.75, 3.05) is 5.75 Å². The molecule has 0 N–H and O–H groups in total. The summed E-state index contributed by atoms with van der Waals surface area (Å²) in [7, 11) is 0. The average molecular weight is 245 g/mol. The SMILES string of the molecule is CC(C)C1CSC2=CCc3ccccc3CN21. The fourth-order valence-electron chi connectivity index (χ4n) is 2.72. The molecule has 1 atom stereocenters. The summed E-state index contributed by atoms with van der Waals surface area (Å²) in [5.74, 6) is 1.99. The number of thioether (sulfide) groups is 1. The molecule has 3 rings (SSSR count). The zero-order valence-electron chi connectivity index (χ0n) is 10.5. The van der Waals surface area contributed by atoms with Gasteiger partial charge in [0.15, 0.2) is 0 Å². The maximum Gasteiger partial charge on any atom is 0.0676 e. The molecular formula is C15H19NS. The van der Waals surface area contributed by atoms with Crippen LogP contribution < -0.4 is 0 Å². The van der Waals surface area contributed by atoms with E-state index in [2.05, 4.69) is 49.1 Å². The molecule has 0 amide bonds. The first-order chi connectivity index (χ1) is 8.25. The van der Waals surface area contributed by atoms with Gasteiger partial charge in [-0.1, -0.05) is 38.1 Å². The molecule has 0 bridgehead atoms. The molecule has 0 spiro atoms. The van der Waals surface area contributed by atoms with Gasteiger partial charge in [0.25, 0.3) is 0 Å². The molecule has 90 valence electrons. The standard InChI is InChI=1S/C15H19NS/c1-11(2)14-10-17-15-8-7-12-5-3-4-6-13(12)9-16(14)15/h3-6,8,11,14H,7,9-10H2,1-2H3. The zero-order chi connectivity index (χ0) is 11.8. The van der Waals surface area contributed by atoms with E-state index in [1.807, 2.05) is 11.8 Å². The van der Waals surface area contributed by atoms with Crippen LogP contribution >= 0.6 is 11.8 Å². The van der Waals surface area contributed by atoms with Crippen LogP contribution in [-0.2, 0) is 13.0 Å². The Kier molecular flexibility index (Phi) is 2.91. The van der Waals surface area contributed by atoms with E-state index in [-0.39, 0.29) is 0 Å². The zero-order valence-corrected chi connectivity index (χ0v) is 11.3. The molecule has 17 heavy (non-hydrogen) atoms. The van der Waals surface area contributed by atoms with Crippen LogP contribution in [0, 0.1) is 5.92 Å². The summed E-state index contributed by atoms with van der Waals surface area (Å²) in [5.41, 5.74) is 3.00. The minimum absolute atomic E-state index is 0.706. The molecule has 1 unspecified atom stereocenters. The van der Waals surface area contributed by atoms with Crippen molar-refractivity contribution in [2.24, 2.45) is 5.92 Å². The third-order valence-electron chi connectivity index (χ3n) is 3.81. The van der Waals surface area contributed by atoms with E-state index in [1.54, 1.807) is 0 Å². The summed E-state index contributed by atoms with van der Waals surface area (Å²) in [6.45, 7) is 5.77. The molecule has 1 aromatic rings. The number of benzene rings is 1. The van der Waals surface area contributed by atoms with Crippen molar-refractivity contribution in [3.8, 4) is 0 Å². The highest BCUT2D eigenvalue weighted by Gasteiger charge is 2.32. The molecule has 0 radical (unpaired) electrons. The lowest BCUT2D eigenvalue weighted by molar-refractivity contribution is 0.240. The van der Waals surface area contributed by atoms with Crippen molar-refractivity contribution >= 4 is 11.8 Å². The summed E-state index contributed by atoms with van der Waals surface area (Å²) in [6.07, 6.45) is 3.51. The second-order valence-corrected chi connectivity index (χ2v) is 6.31. The third kappa shape index (κ3) is 1.99. The monoisotopic (exact) mass is 245 g/mol. The van der Waals surface area contributed by atoms with E-state index in [0.29, 0.717) is 6.04 Å². The predicted molar refractivity (Wildman–Crippen MR) is 74.9 cm³/mol. The van der Waals surface area contributed by atoms with Gasteiger partial charge in [-0.05, 0) is 29.5 Å². The van der Waals surface area contributed by atoms with Crippen LogP contribution in [0.5, 0.6) is 0 Å². The molecule has 1 fully saturated rings. The fourth-order valence-corrected chi connectivity index (χ4v) is 4.20. The van der Waals surface area contributed by atoms with E-state index < -0.39 is 0 Å². The summed E-state index contributed by atoms with van der Waals surface area (Å²) >= 11 is 2.03. The third-order valence-corrected chi connectivity index (χ3v) is 5.02. The van der Waals surface area contributed by atoms with Gasteiger partial charge in [-0.2, -0.15) is 0 Å². The number of hydrogen-bond donors (Lipinski definition) is 0. The Labute approximate surface area is 108 Å². The van der Waals surface area contributed by atoms with E-state index in [0.717, 1.165) is 18.9 Å². The second kappa shape index (κ2) is 4.41. The van der Waals surface area contributed by atoms with Crippen molar-refractivity contribution in [1.82, 2.24) is 4.90 Å². The number of hydrogen-bond acceptors (Lipinski definition) is 2. The Morgan fingerprint density at radius 3 is 2.76 bits per heavy atom. The van der Waals surface area contributed by atoms with Crippen LogP contribution in [0.2, 0.25) is 0 Å². The highest BCUT2D eigenvalue weighted by Crippen LogP contribution is 2.39. The first kappa shape index (κ1) is 11.2. The van der Waals surface area contributed by atoms with Crippen molar-refractivity contribution in [3.63, 3.8) is 0 Å². The summed E-state index contributed by atoms with van der Waals surface area (Å²) in [4.78, 5) is 2.61. The van der Waals surface area contributed by atoms with Crippen molar-refractivity contribution < 1.29 is 0 Å². The van der Waals surface area contributed by atoms with Gasteiger partial charge in [0.2, 0.25) is 0 Å². The van der Waals surface area contributed by atoms with Gasteiger partial charge in [-0.3, -0.25) is 0 Å². The topological polar surface area (TPSA) is 3.24 Å². The second-order valence-electron chi connectivity index (χ2n) is 5.27. The maximum atomic E-state index is 2.61. The van der Waals surface area contributed by atoms with E-state index in [1.165, 1.54) is 21.9 Å². The van der Waals surface area contributed by atoms with Gasteiger partial charge in [0, 0.05) is 18.3 Å². The van der Waals surface area contributed by atoms with Gasteiger partial charge < -0.3 is 4.90 Å². The fraction of sp³-hybridized carbons (Fsp3) is 0.467. The summed E-state index contributed by atoms with van der Waals surface area (Å²) in [6, 6.07) is 9.58. The Hall–Kier alpha value is -0.890. The van der Waals surface area contributed by atoms with Gasteiger partial charge >= 0.3 is 0 Å². The number of allylic oxidation sites excluding steroid dienone is 1. The van der Waals surface area contributed by atoms with Crippen LogP contribution in [0.15, 0.2) is 35.4 Å². The minimum Gasteiger partial charge on any atom is -0.358 e. The maximum absolute atomic E-state index is 2.61. The minimum atomic E-state index is 0.706. The van der Waals surface area contributed by atoms with Crippen molar-refractivity contribution in [2.45, 2.75) is 32.9 Å². The largest absolute Gasteiger partial charge is 0.358 e. The lowest BCUT2D eigenvalue weighted by Crippen LogP contribution is -2.33. The van der Waals surface area contributed by atoms with Crippen LogP contribution in [0.4, 0.5) is 0 Å². The molecule has 0 aromatic heterocycles. The molecule has 1 aromatic carbocycles. The Morgan fingerprint density at radius 1 is 1.24 bits per heavy atom. The van der Waals surface area contributed by atoms with Gasteiger partial charge in [0.1, 0.15) is 0 Å². The average Bonchev–Trinajstić information content (AvgIpc) is 2.63. The molecule has 2 aliphatic rings. The lowest BCUT2D eigenvalue weighted by atomic mass is 10.0. The first-order valence-electron chi connectivity index (χ1n) is 6.42. The molecule has 2 heteroatoms. The van der Waals surface area contributed by atoms with Crippen LogP contribution in [0.3, 0.4) is 0 Å². The van der Waals surface area contributed by atoms with Crippen LogP contribution in [0.25, 0.3) is 0 Å². The highest BCUT2D eigenvalue weighted by molar-refractivity contribution is 8.03. The highest BCUT2D eigenvalue weighted by atomic mass is 32.2. The van der Waals surface area contributed by atoms with Crippen LogP contribution in [-0.4, -0.2) is 16.7 Å². The Balaban J connectivity index is 1.94. The molecule has 2 aliphatic heterocycles. The molecule has 1 nitrogen and oxygen atoms in total. The number of rotatable bonds is 1. The normalized spacial score (nSPS) is 23.1. The molecular weight excluding hydrogens is 226 g/mol. The molecule has 1 saturated heterocycles. The molecule has 0 aliphatic carbocycles. The van der Waals surface area contributed by atoms with Crippen LogP contribution in [0.1, 0.15) is 25.0 Å². The van der Waals surface area contributed by atoms with Crippen molar-refractivity contribution in [1.29, 1.82) is 0 Å². The number of nitrogens with zero attached hydrogens (tertiary/aromatic N) is 1. The van der Waals surface area contributed by atoms with E-state index >= 15 is 0 Å². The van der Waals surface area contributed by atoms with Gasteiger partial charge in [0.05, 0.1) is 5.03 Å². The lowest BCUT2D eigenvalue weighted by Gasteiger charge is -2.29. The van der Waals surface area contributed by atoms with Gasteiger partial charge in [-0.25, -0.2) is 0 Å². The van der Waals surface area contributed by atoms with E-state index in [9.17, 15) is 0 Å². The molecule has 2 heterocycles. The molecule has 0 saturated carbocycles. The Morgan fingerprint density at radius 2 is 2.00 bits per heavy atom. The predicted octanol–water partition coefficient (Wildman–Crippen LogP) is 3.66. The van der Waals surface area contributed by atoms with Crippen molar-refractivity contribution in [3.05, 3.63) is 46.5 Å². The Bertz CT molecular complexity index is 450. The number of fused-ring (bicyclic) bond motifs is 2. The first-order valence-corrected chi connectivity index (χ1v) is 7.40. The van der Waals surface area contributed by atoms with Gasteiger partial charge in [-0.15, -0.1) is 11.8 Å². The summed E-state index contributed by atoms with van der Waals surface area (Å²) < 4.78 is 0. The summed E-state index contributed by atoms with van der Waals surface area (Å²) in [5, 5.41) is 1.50.